The van der Waals surface area contributed by atoms with E-state index < -0.39 is 0 Å². The predicted octanol–water partition coefficient (Wildman–Crippen LogP) is 15.4. The van der Waals surface area contributed by atoms with Crippen LogP contribution in [0.25, 0.3) is 130 Å². The predicted molar refractivity (Wildman–Crippen MR) is 252 cm³/mol. The van der Waals surface area contributed by atoms with Crippen LogP contribution in [-0.4, -0.2) is 15.0 Å². The highest BCUT2D eigenvalue weighted by molar-refractivity contribution is 7.26. The first kappa shape index (κ1) is 33.3. The third kappa shape index (κ3) is 5.06. The van der Waals surface area contributed by atoms with Crippen LogP contribution in [0, 0.1) is 0 Å². The van der Waals surface area contributed by atoms with Crippen molar-refractivity contribution >= 4 is 96.5 Å². The lowest BCUT2D eigenvalue weighted by Gasteiger charge is -2.13. The molecular formula is C55H31N3OS. The Bertz CT molecular complexity index is 3910. The summed E-state index contributed by atoms with van der Waals surface area (Å²) >= 11 is 1.85. The number of hydrogen-bond donors (Lipinski definition) is 0. The topological polar surface area (TPSA) is 51.8 Å². The molecule has 60 heavy (non-hydrogen) atoms. The van der Waals surface area contributed by atoms with Crippen LogP contribution >= 0.6 is 11.3 Å². The molecule has 0 radical (unpaired) electrons. The molecule has 10 aromatic carbocycles. The average molecular weight is 782 g/mol. The van der Waals surface area contributed by atoms with Gasteiger partial charge in [-0.1, -0.05) is 152 Å². The van der Waals surface area contributed by atoms with Crippen molar-refractivity contribution in [3.05, 3.63) is 188 Å². The molecule has 4 nitrogen and oxygen atoms in total. The molecule has 0 saturated carbocycles. The molecule has 0 amide bonds. The third-order valence-electron chi connectivity index (χ3n) is 12.1. The fourth-order valence-corrected chi connectivity index (χ4v) is 10.5. The number of hydrogen-bond acceptors (Lipinski definition) is 5. The number of fused-ring (bicyclic) bond motifs is 11. The van der Waals surface area contributed by atoms with E-state index in [2.05, 4.69) is 188 Å². The highest BCUT2D eigenvalue weighted by atomic mass is 32.1. The van der Waals surface area contributed by atoms with Gasteiger partial charge in [-0.3, -0.25) is 0 Å². The minimum absolute atomic E-state index is 0.603. The van der Waals surface area contributed by atoms with Gasteiger partial charge in [0.1, 0.15) is 11.2 Å². The Morgan fingerprint density at radius 3 is 1.85 bits per heavy atom. The summed E-state index contributed by atoms with van der Waals surface area (Å²) in [6.45, 7) is 0. The molecule has 0 spiro atoms. The molecule has 0 bridgehead atoms. The second-order valence-corrected chi connectivity index (χ2v) is 16.6. The summed E-state index contributed by atoms with van der Waals surface area (Å²) in [5, 5.41) is 13.7. The summed E-state index contributed by atoms with van der Waals surface area (Å²) < 4.78 is 9.47. The lowest BCUT2D eigenvalue weighted by molar-refractivity contribution is 0.669. The maximum atomic E-state index is 6.90. The zero-order valence-corrected chi connectivity index (χ0v) is 32.9. The second kappa shape index (κ2) is 12.9. The van der Waals surface area contributed by atoms with Crippen molar-refractivity contribution in [3.8, 4) is 45.3 Å². The monoisotopic (exact) mass is 781 g/mol. The van der Waals surface area contributed by atoms with E-state index in [4.69, 9.17) is 19.4 Å². The van der Waals surface area contributed by atoms with Crippen molar-refractivity contribution in [1.29, 1.82) is 0 Å². The van der Waals surface area contributed by atoms with Gasteiger partial charge in [-0.05, 0) is 90.6 Å². The van der Waals surface area contributed by atoms with E-state index in [1.54, 1.807) is 0 Å². The van der Waals surface area contributed by atoms with Crippen molar-refractivity contribution < 1.29 is 4.42 Å². The van der Waals surface area contributed by atoms with Gasteiger partial charge in [0.05, 0.1) is 0 Å². The standard InChI is InChI=1S/C55H31N3OS/c1-2-14-35-29-38(24-23-32(35)11-1)53-56-54(43-21-9-16-33-12-3-6-17-39(33)43)58-55(57-53)52-42-19-8-5-15-36(42)31-46-49(52)44-27-25-37(30-45(44)59-46)41-20-10-22-47-51(41)50-40-18-7-4-13-34(40)26-28-48(50)60-47/h1-31H. The highest BCUT2D eigenvalue weighted by Gasteiger charge is 2.23. The first-order valence-electron chi connectivity index (χ1n) is 20.2. The lowest BCUT2D eigenvalue weighted by Crippen LogP contribution is -2.01. The number of thiophene rings is 1. The Balaban J connectivity index is 1.08. The molecule has 0 unspecified atom stereocenters. The fraction of sp³-hybridized carbons (Fsp3) is 0. The Morgan fingerprint density at radius 1 is 0.333 bits per heavy atom. The van der Waals surface area contributed by atoms with E-state index in [0.29, 0.717) is 17.5 Å². The zero-order valence-electron chi connectivity index (χ0n) is 32.1. The van der Waals surface area contributed by atoms with Gasteiger partial charge in [-0.25, -0.2) is 15.0 Å². The van der Waals surface area contributed by atoms with Crippen molar-refractivity contribution in [2.24, 2.45) is 0 Å². The Morgan fingerprint density at radius 2 is 0.967 bits per heavy atom. The van der Waals surface area contributed by atoms with Crippen LogP contribution in [0.4, 0.5) is 0 Å². The van der Waals surface area contributed by atoms with Crippen LogP contribution in [0.5, 0.6) is 0 Å². The van der Waals surface area contributed by atoms with Crippen LogP contribution in [-0.2, 0) is 0 Å². The average Bonchev–Trinajstić information content (AvgIpc) is 3.88. The SMILES string of the molecule is c1ccc2cc(-c3nc(-c4cccc5ccccc45)nc(-c4c5ccccc5cc5oc6cc(-c7cccc8sc9ccc%10ccccc%10c9c78)ccc6c45)n3)ccc2c1. The summed E-state index contributed by atoms with van der Waals surface area (Å²) in [7, 11) is 0. The summed E-state index contributed by atoms with van der Waals surface area (Å²) in [5.74, 6) is 1.85. The van der Waals surface area contributed by atoms with E-state index in [-0.39, 0.29) is 0 Å². The van der Waals surface area contributed by atoms with Crippen molar-refractivity contribution in [2.75, 3.05) is 0 Å². The molecular weight excluding hydrogens is 751 g/mol. The zero-order chi connectivity index (χ0) is 39.3. The van der Waals surface area contributed by atoms with Crippen LogP contribution in [0.3, 0.4) is 0 Å². The summed E-state index contributed by atoms with van der Waals surface area (Å²) in [4.78, 5) is 16.0. The van der Waals surface area contributed by atoms with Gasteiger partial charge in [0.25, 0.3) is 0 Å². The Kier molecular flexibility index (Phi) is 7.14. The van der Waals surface area contributed by atoms with E-state index >= 15 is 0 Å². The van der Waals surface area contributed by atoms with Crippen molar-refractivity contribution in [3.63, 3.8) is 0 Å². The summed E-state index contributed by atoms with van der Waals surface area (Å²) in [6.07, 6.45) is 0. The fourth-order valence-electron chi connectivity index (χ4n) is 9.31. The highest BCUT2D eigenvalue weighted by Crippen LogP contribution is 2.46. The third-order valence-corrected chi connectivity index (χ3v) is 13.2. The molecule has 3 heterocycles. The van der Waals surface area contributed by atoms with Gasteiger partial charge in [0.15, 0.2) is 17.5 Å². The molecule has 0 aliphatic carbocycles. The molecule has 0 N–H and O–H groups in total. The number of benzene rings is 10. The Labute approximate surface area is 347 Å². The molecule has 278 valence electrons. The van der Waals surface area contributed by atoms with Gasteiger partial charge < -0.3 is 4.42 Å². The molecule has 13 rings (SSSR count). The van der Waals surface area contributed by atoms with E-state index in [9.17, 15) is 0 Å². The largest absolute Gasteiger partial charge is 0.456 e. The van der Waals surface area contributed by atoms with Crippen LogP contribution in [0.1, 0.15) is 0 Å². The number of nitrogens with zero attached hydrogens (tertiary/aromatic N) is 3. The van der Waals surface area contributed by atoms with Crippen molar-refractivity contribution in [2.45, 2.75) is 0 Å². The summed E-state index contributed by atoms with van der Waals surface area (Å²) in [5.41, 5.74) is 6.74. The maximum Gasteiger partial charge on any atom is 0.165 e. The van der Waals surface area contributed by atoms with E-state index in [1.165, 1.54) is 41.9 Å². The second-order valence-electron chi connectivity index (χ2n) is 15.5. The quantitative estimate of drug-likeness (QED) is 0.178. The molecule has 0 atom stereocenters. The first-order chi connectivity index (χ1) is 29.7. The first-order valence-corrected chi connectivity index (χ1v) is 21.0. The van der Waals surface area contributed by atoms with Crippen LogP contribution in [0.15, 0.2) is 192 Å². The van der Waals surface area contributed by atoms with Gasteiger partial charge in [0, 0.05) is 47.6 Å². The molecule has 5 heteroatoms. The van der Waals surface area contributed by atoms with Crippen LogP contribution < -0.4 is 0 Å². The summed E-state index contributed by atoms with van der Waals surface area (Å²) in [6, 6.07) is 66.7. The van der Waals surface area contributed by atoms with Gasteiger partial charge >= 0.3 is 0 Å². The van der Waals surface area contributed by atoms with Gasteiger partial charge in [0.2, 0.25) is 0 Å². The Hall–Kier alpha value is -7.73. The smallest absolute Gasteiger partial charge is 0.165 e. The van der Waals surface area contributed by atoms with E-state index in [1.807, 2.05) is 11.3 Å². The van der Waals surface area contributed by atoms with Gasteiger partial charge in [-0.2, -0.15) is 0 Å². The molecule has 0 aliphatic rings. The number of furan rings is 1. The lowest BCUT2D eigenvalue weighted by atomic mass is 9.95. The minimum atomic E-state index is 0.603. The molecule has 13 aromatic rings. The van der Waals surface area contributed by atoms with E-state index in [0.717, 1.165) is 71.1 Å². The normalized spacial score (nSPS) is 12.0. The number of aromatic nitrogens is 3. The van der Waals surface area contributed by atoms with Crippen molar-refractivity contribution in [1.82, 2.24) is 15.0 Å². The number of rotatable bonds is 4. The maximum absolute atomic E-state index is 6.90. The molecule has 0 saturated heterocycles. The molecule has 0 aliphatic heterocycles. The minimum Gasteiger partial charge on any atom is -0.456 e. The van der Waals surface area contributed by atoms with Gasteiger partial charge in [-0.15, -0.1) is 11.3 Å². The van der Waals surface area contributed by atoms with Crippen LogP contribution in [0.2, 0.25) is 0 Å². The molecule has 0 fully saturated rings. The molecule has 3 aromatic heterocycles.